The lowest BCUT2D eigenvalue weighted by atomic mass is 9.92. The van der Waals surface area contributed by atoms with E-state index in [-0.39, 0.29) is 11.8 Å². The number of halogens is 3. The highest BCUT2D eigenvalue weighted by atomic mass is 19.4. The van der Waals surface area contributed by atoms with E-state index in [4.69, 9.17) is 5.73 Å². The zero-order valence-corrected chi connectivity index (χ0v) is 10.8. The second-order valence-electron chi connectivity index (χ2n) is 5.26. The normalized spacial score (nSPS) is 19.0. The van der Waals surface area contributed by atoms with Crippen LogP contribution >= 0.6 is 0 Å². The van der Waals surface area contributed by atoms with Gasteiger partial charge in [-0.1, -0.05) is 19.1 Å². The van der Waals surface area contributed by atoms with E-state index in [0.29, 0.717) is 12.3 Å². The molecular weight excluding hydrogens is 255 g/mol. The van der Waals surface area contributed by atoms with Crippen LogP contribution in [0.25, 0.3) is 0 Å². The molecule has 0 saturated heterocycles. The van der Waals surface area contributed by atoms with E-state index in [0.717, 1.165) is 11.5 Å². The van der Waals surface area contributed by atoms with Crippen LogP contribution in [-0.4, -0.2) is 12.4 Å². The number of alkyl halides is 3. The molecule has 1 aliphatic carbocycles. The summed E-state index contributed by atoms with van der Waals surface area (Å²) in [4.78, 5) is 0. The van der Waals surface area contributed by atoms with Crippen molar-refractivity contribution in [2.45, 2.75) is 38.6 Å². The number of rotatable bonds is 5. The Morgan fingerprint density at radius 2 is 1.84 bits per heavy atom. The van der Waals surface area contributed by atoms with Crippen LogP contribution in [0.4, 0.5) is 13.2 Å². The molecule has 2 rings (SSSR count). The highest BCUT2D eigenvalue weighted by molar-refractivity contribution is 5.28. The Morgan fingerprint density at radius 1 is 1.26 bits per heavy atom. The van der Waals surface area contributed by atoms with Gasteiger partial charge in [-0.3, -0.25) is 0 Å². The van der Waals surface area contributed by atoms with Crippen LogP contribution in [0.15, 0.2) is 24.3 Å². The Hall–Kier alpha value is -1.23. The van der Waals surface area contributed by atoms with Gasteiger partial charge in [0, 0.05) is 6.04 Å². The zero-order chi connectivity index (χ0) is 14.0. The van der Waals surface area contributed by atoms with Gasteiger partial charge in [0.1, 0.15) is 5.75 Å². The number of ether oxygens (including phenoxy) is 1. The zero-order valence-electron chi connectivity index (χ0n) is 10.8. The van der Waals surface area contributed by atoms with Crippen molar-refractivity contribution in [3.8, 4) is 5.75 Å². The average molecular weight is 273 g/mol. The summed E-state index contributed by atoms with van der Waals surface area (Å²) in [6, 6.07) is 6.00. The van der Waals surface area contributed by atoms with Crippen LogP contribution < -0.4 is 10.5 Å². The van der Waals surface area contributed by atoms with Crippen LogP contribution in [0.5, 0.6) is 5.75 Å². The lowest BCUT2D eigenvalue weighted by molar-refractivity contribution is -0.274. The minimum Gasteiger partial charge on any atom is -0.406 e. The van der Waals surface area contributed by atoms with Gasteiger partial charge in [-0.25, -0.2) is 0 Å². The SMILES string of the molecule is CC(C(N)Cc1ccc(OC(F)(F)F)cc1)C1CC1. The van der Waals surface area contributed by atoms with Crippen molar-refractivity contribution in [3.05, 3.63) is 29.8 Å². The van der Waals surface area contributed by atoms with Crippen molar-refractivity contribution < 1.29 is 17.9 Å². The van der Waals surface area contributed by atoms with Crippen molar-refractivity contribution in [2.24, 2.45) is 17.6 Å². The molecule has 5 heteroatoms. The van der Waals surface area contributed by atoms with E-state index < -0.39 is 6.36 Å². The molecule has 2 N–H and O–H groups in total. The molecule has 2 atom stereocenters. The van der Waals surface area contributed by atoms with Gasteiger partial charge in [0.25, 0.3) is 0 Å². The molecule has 106 valence electrons. The van der Waals surface area contributed by atoms with E-state index >= 15 is 0 Å². The third-order valence-electron chi connectivity index (χ3n) is 3.67. The second-order valence-corrected chi connectivity index (χ2v) is 5.26. The summed E-state index contributed by atoms with van der Waals surface area (Å²) in [6.07, 6.45) is -1.47. The second kappa shape index (κ2) is 5.41. The molecule has 2 nitrogen and oxygen atoms in total. The van der Waals surface area contributed by atoms with Crippen LogP contribution in [-0.2, 0) is 6.42 Å². The molecule has 1 aliphatic rings. The standard InChI is InChI=1S/C14H18F3NO/c1-9(11-4-5-11)13(18)8-10-2-6-12(7-3-10)19-14(15,16)17/h2-3,6-7,9,11,13H,4-5,8,18H2,1H3. The number of hydrogen-bond donors (Lipinski definition) is 1. The quantitative estimate of drug-likeness (QED) is 0.891. The van der Waals surface area contributed by atoms with Gasteiger partial charge in [0.2, 0.25) is 0 Å². The lowest BCUT2D eigenvalue weighted by Gasteiger charge is -2.19. The molecule has 0 radical (unpaired) electrons. The van der Waals surface area contributed by atoms with Crippen molar-refractivity contribution in [1.29, 1.82) is 0 Å². The van der Waals surface area contributed by atoms with Gasteiger partial charge in [-0.15, -0.1) is 13.2 Å². The average Bonchev–Trinajstić information content (AvgIpc) is 3.12. The maximum absolute atomic E-state index is 12.0. The molecule has 0 bridgehead atoms. The topological polar surface area (TPSA) is 35.2 Å². The summed E-state index contributed by atoms with van der Waals surface area (Å²) in [5.41, 5.74) is 7.06. The largest absolute Gasteiger partial charge is 0.573 e. The maximum Gasteiger partial charge on any atom is 0.573 e. The Kier molecular flexibility index (Phi) is 4.04. The van der Waals surface area contributed by atoms with Gasteiger partial charge >= 0.3 is 6.36 Å². The Bertz CT molecular complexity index is 412. The van der Waals surface area contributed by atoms with Gasteiger partial charge in [0.15, 0.2) is 0 Å². The molecule has 19 heavy (non-hydrogen) atoms. The molecule has 1 aromatic rings. The fourth-order valence-corrected chi connectivity index (χ4v) is 2.26. The predicted octanol–water partition coefficient (Wildman–Crippen LogP) is 3.50. The smallest absolute Gasteiger partial charge is 0.406 e. The summed E-state index contributed by atoms with van der Waals surface area (Å²) in [7, 11) is 0. The minimum absolute atomic E-state index is 0.0573. The lowest BCUT2D eigenvalue weighted by Crippen LogP contribution is -2.31. The molecule has 2 unspecified atom stereocenters. The van der Waals surface area contributed by atoms with E-state index in [1.807, 2.05) is 0 Å². The first-order valence-corrected chi connectivity index (χ1v) is 6.45. The summed E-state index contributed by atoms with van der Waals surface area (Å²) in [5.74, 6) is 0.994. The van der Waals surface area contributed by atoms with Crippen LogP contribution in [0.1, 0.15) is 25.3 Å². The van der Waals surface area contributed by atoms with Gasteiger partial charge in [-0.05, 0) is 48.8 Å². The van der Waals surface area contributed by atoms with Crippen molar-refractivity contribution in [3.63, 3.8) is 0 Å². The van der Waals surface area contributed by atoms with Crippen molar-refractivity contribution >= 4 is 0 Å². The molecule has 1 aromatic carbocycles. The van der Waals surface area contributed by atoms with Crippen molar-refractivity contribution in [2.75, 3.05) is 0 Å². The van der Waals surface area contributed by atoms with Gasteiger partial charge < -0.3 is 10.5 Å². The summed E-state index contributed by atoms with van der Waals surface area (Å²) >= 11 is 0. The molecule has 1 saturated carbocycles. The summed E-state index contributed by atoms with van der Waals surface area (Å²) < 4.78 is 39.9. The number of nitrogens with two attached hydrogens (primary N) is 1. The highest BCUT2D eigenvalue weighted by Gasteiger charge is 2.32. The molecule has 0 spiro atoms. The Labute approximate surface area is 110 Å². The third kappa shape index (κ3) is 4.42. The third-order valence-corrected chi connectivity index (χ3v) is 3.67. The van der Waals surface area contributed by atoms with E-state index in [9.17, 15) is 13.2 Å². The molecule has 0 amide bonds. The monoisotopic (exact) mass is 273 g/mol. The van der Waals surface area contributed by atoms with Gasteiger partial charge in [0.05, 0.1) is 0 Å². The first-order chi connectivity index (χ1) is 8.85. The molecule has 0 heterocycles. The minimum atomic E-state index is -4.64. The first-order valence-electron chi connectivity index (χ1n) is 6.45. The van der Waals surface area contributed by atoms with E-state index in [2.05, 4.69) is 11.7 Å². The summed E-state index contributed by atoms with van der Waals surface area (Å²) in [6.45, 7) is 2.14. The van der Waals surface area contributed by atoms with Crippen LogP contribution in [0.3, 0.4) is 0 Å². The maximum atomic E-state index is 12.0. The number of hydrogen-bond acceptors (Lipinski definition) is 2. The fourth-order valence-electron chi connectivity index (χ4n) is 2.26. The van der Waals surface area contributed by atoms with E-state index in [1.165, 1.54) is 25.0 Å². The highest BCUT2D eigenvalue weighted by Crippen LogP contribution is 2.38. The first kappa shape index (κ1) is 14.2. The number of benzene rings is 1. The summed E-state index contributed by atoms with van der Waals surface area (Å²) in [5, 5.41) is 0. The van der Waals surface area contributed by atoms with E-state index in [1.54, 1.807) is 12.1 Å². The van der Waals surface area contributed by atoms with Crippen LogP contribution in [0.2, 0.25) is 0 Å². The Morgan fingerprint density at radius 3 is 2.32 bits per heavy atom. The fraction of sp³-hybridized carbons (Fsp3) is 0.571. The van der Waals surface area contributed by atoms with Gasteiger partial charge in [-0.2, -0.15) is 0 Å². The Balaban J connectivity index is 1.90. The molecule has 1 fully saturated rings. The molecular formula is C14H18F3NO. The van der Waals surface area contributed by atoms with Crippen molar-refractivity contribution in [1.82, 2.24) is 0 Å². The molecule has 0 aromatic heterocycles. The molecule has 0 aliphatic heterocycles. The van der Waals surface area contributed by atoms with Crippen LogP contribution in [0, 0.1) is 11.8 Å². The predicted molar refractivity (Wildman–Crippen MR) is 66.7 cm³/mol.